The number of thiophene rings is 1. The third-order valence-corrected chi connectivity index (χ3v) is 4.38. The average molecular weight is 284 g/mol. The number of nitrogens with zero attached hydrogens (tertiary/aromatic N) is 2. The second-order valence-electron chi connectivity index (χ2n) is 4.12. The number of hydrogen-bond donors (Lipinski definition) is 0. The third kappa shape index (κ3) is 2.08. The maximum Gasteiger partial charge on any atom is 0.141 e. The van der Waals surface area contributed by atoms with Gasteiger partial charge in [0.25, 0.3) is 0 Å². The van der Waals surface area contributed by atoms with Crippen molar-refractivity contribution in [1.82, 2.24) is 9.97 Å². The van der Waals surface area contributed by atoms with Crippen molar-refractivity contribution in [1.29, 1.82) is 0 Å². The van der Waals surface area contributed by atoms with Crippen molar-refractivity contribution in [2.75, 3.05) is 0 Å². The molecule has 2 rings (SSSR count). The molecule has 0 saturated heterocycles. The summed E-state index contributed by atoms with van der Waals surface area (Å²) in [6, 6.07) is 0. The van der Waals surface area contributed by atoms with Gasteiger partial charge in [0.1, 0.15) is 15.8 Å². The van der Waals surface area contributed by atoms with Crippen molar-refractivity contribution >= 4 is 39.1 Å². The first-order valence-corrected chi connectivity index (χ1v) is 6.79. The van der Waals surface area contributed by atoms with Crippen molar-refractivity contribution in [2.24, 2.45) is 0 Å². The fraction of sp³-hybridized carbons (Fsp3) is 0.417. The highest BCUT2D eigenvalue weighted by Crippen LogP contribution is 2.34. The second kappa shape index (κ2) is 4.82. The van der Waals surface area contributed by atoms with Gasteiger partial charge in [-0.05, 0) is 25.8 Å². The largest absolute Gasteiger partial charge is 0.549 e. The van der Waals surface area contributed by atoms with Crippen LogP contribution in [0.2, 0.25) is 5.15 Å². The zero-order valence-electron chi connectivity index (χ0n) is 10.3. The molecule has 96 valence electrons. The lowest BCUT2D eigenvalue weighted by atomic mass is 10.1. The minimum Gasteiger partial charge on any atom is -0.549 e. The number of carboxylic acid groups (broad SMARTS) is 1. The van der Waals surface area contributed by atoms with Gasteiger partial charge in [-0.3, -0.25) is 0 Å². The summed E-state index contributed by atoms with van der Waals surface area (Å²) in [6.45, 7) is 5.69. The first kappa shape index (κ1) is 13.2. The molecule has 0 N–H and O–H groups in total. The molecule has 1 atom stereocenters. The number of carboxylic acids is 1. The van der Waals surface area contributed by atoms with E-state index in [4.69, 9.17) is 11.6 Å². The van der Waals surface area contributed by atoms with Gasteiger partial charge in [-0.1, -0.05) is 18.5 Å². The normalized spacial score (nSPS) is 12.9. The molecule has 0 bridgehead atoms. The smallest absolute Gasteiger partial charge is 0.141 e. The predicted octanol–water partition coefficient (Wildman–Crippen LogP) is 2.21. The van der Waals surface area contributed by atoms with E-state index in [9.17, 15) is 9.90 Å². The van der Waals surface area contributed by atoms with E-state index in [1.807, 2.05) is 13.8 Å². The first-order valence-electron chi connectivity index (χ1n) is 5.59. The van der Waals surface area contributed by atoms with Crippen molar-refractivity contribution in [2.45, 2.75) is 33.1 Å². The van der Waals surface area contributed by atoms with Gasteiger partial charge in [-0.2, -0.15) is 0 Å². The summed E-state index contributed by atoms with van der Waals surface area (Å²) in [7, 11) is 0. The van der Waals surface area contributed by atoms with Gasteiger partial charge in [0.15, 0.2) is 0 Å². The average Bonchev–Trinajstić information content (AvgIpc) is 2.55. The van der Waals surface area contributed by atoms with Crippen molar-refractivity contribution in [3.05, 3.63) is 21.4 Å². The summed E-state index contributed by atoms with van der Waals surface area (Å²) < 4.78 is 0. The van der Waals surface area contributed by atoms with E-state index in [1.54, 1.807) is 6.92 Å². The number of carbonyl (C=O) groups is 1. The topological polar surface area (TPSA) is 65.9 Å². The van der Waals surface area contributed by atoms with Crippen LogP contribution in [0.3, 0.4) is 0 Å². The lowest BCUT2D eigenvalue weighted by Gasteiger charge is -2.14. The molecule has 4 nitrogen and oxygen atoms in total. The lowest BCUT2D eigenvalue weighted by molar-refractivity contribution is -0.308. The van der Waals surface area contributed by atoms with Crippen LogP contribution >= 0.6 is 22.9 Å². The highest BCUT2D eigenvalue weighted by atomic mass is 35.5. The summed E-state index contributed by atoms with van der Waals surface area (Å²) >= 11 is 7.63. The number of hydrogen-bond acceptors (Lipinski definition) is 5. The Labute approximate surface area is 114 Å². The zero-order valence-corrected chi connectivity index (χ0v) is 11.9. The Morgan fingerprint density at radius 1 is 1.44 bits per heavy atom. The number of fused-ring (bicyclic) bond motifs is 1. The molecule has 0 amide bonds. The van der Waals surface area contributed by atoms with Gasteiger partial charge in [0.05, 0.1) is 17.3 Å². The lowest BCUT2D eigenvalue weighted by Crippen LogP contribution is -2.30. The maximum absolute atomic E-state index is 11.0. The predicted molar refractivity (Wildman–Crippen MR) is 69.9 cm³/mol. The molecule has 0 spiro atoms. The Balaban J connectivity index is 2.66. The first-order chi connectivity index (χ1) is 8.45. The van der Waals surface area contributed by atoms with Crippen LogP contribution < -0.4 is 5.11 Å². The van der Waals surface area contributed by atoms with Gasteiger partial charge in [0.2, 0.25) is 0 Å². The molecular weight excluding hydrogens is 272 g/mol. The fourth-order valence-corrected chi connectivity index (χ4v) is 3.24. The molecule has 0 fully saturated rings. The minimum absolute atomic E-state index is 0.233. The summed E-state index contributed by atoms with van der Waals surface area (Å²) in [4.78, 5) is 21.3. The van der Waals surface area contributed by atoms with Crippen LogP contribution in [0, 0.1) is 13.8 Å². The number of rotatable bonds is 3. The van der Waals surface area contributed by atoms with Gasteiger partial charge in [-0.15, -0.1) is 11.3 Å². The summed E-state index contributed by atoms with van der Waals surface area (Å²) in [5, 5.41) is 12.2. The standard InChI is InChI=1S/C12H13ClN2O2S/c1-4-7(12(16)17)10-14-9(13)8-5(2)6(3)18-11(8)15-10/h7H,4H2,1-3H3,(H,16,17)/p-1. The van der Waals surface area contributed by atoms with E-state index in [0.717, 1.165) is 20.7 Å². The maximum atomic E-state index is 11.0. The molecule has 0 aliphatic rings. The summed E-state index contributed by atoms with van der Waals surface area (Å²) in [5.74, 6) is -1.75. The Morgan fingerprint density at radius 3 is 2.67 bits per heavy atom. The Bertz CT molecular complexity index is 624. The second-order valence-corrected chi connectivity index (χ2v) is 5.68. The molecule has 0 radical (unpaired) electrons. The third-order valence-electron chi connectivity index (χ3n) is 3.01. The van der Waals surface area contributed by atoms with Crippen molar-refractivity contribution in [3.63, 3.8) is 0 Å². The van der Waals surface area contributed by atoms with Crippen LogP contribution in [0.4, 0.5) is 0 Å². The van der Waals surface area contributed by atoms with Crippen LogP contribution in [-0.4, -0.2) is 15.9 Å². The van der Waals surface area contributed by atoms with Crippen LogP contribution in [0.1, 0.15) is 35.5 Å². The molecule has 6 heteroatoms. The highest BCUT2D eigenvalue weighted by Gasteiger charge is 2.19. The Kier molecular flexibility index (Phi) is 3.54. The summed E-state index contributed by atoms with van der Waals surface area (Å²) in [5.41, 5.74) is 1.05. The molecule has 0 saturated carbocycles. The fourth-order valence-electron chi connectivity index (χ4n) is 1.83. The molecule has 0 aliphatic heterocycles. The van der Waals surface area contributed by atoms with Gasteiger partial charge >= 0.3 is 0 Å². The van der Waals surface area contributed by atoms with Gasteiger partial charge in [0, 0.05) is 4.88 Å². The quantitative estimate of drug-likeness (QED) is 0.810. The number of aromatic nitrogens is 2. The van der Waals surface area contributed by atoms with E-state index >= 15 is 0 Å². The van der Waals surface area contributed by atoms with E-state index in [0.29, 0.717) is 11.6 Å². The van der Waals surface area contributed by atoms with E-state index < -0.39 is 11.9 Å². The number of carbonyl (C=O) groups excluding carboxylic acids is 1. The molecule has 2 aromatic heterocycles. The van der Waals surface area contributed by atoms with Crippen LogP contribution in [0.15, 0.2) is 0 Å². The Hall–Kier alpha value is -1.20. The number of aliphatic carboxylic acids is 1. The summed E-state index contributed by atoms with van der Waals surface area (Å²) in [6.07, 6.45) is 0.382. The zero-order chi connectivity index (χ0) is 13.4. The Morgan fingerprint density at radius 2 is 2.11 bits per heavy atom. The van der Waals surface area contributed by atoms with Crippen molar-refractivity contribution in [3.8, 4) is 0 Å². The van der Waals surface area contributed by atoms with Crippen LogP contribution in [0.25, 0.3) is 10.2 Å². The van der Waals surface area contributed by atoms with Crippen molar-refractivity contribution < 1.29 is 9.90 Å². The van der Waals surface area contributed by atoms with Gasteiger partial charge in [-0.25, -0.2) is 9.97 Å². The SMILES string of the molecule is CCC(C(=O)[O-])c1nc(Cl)c2c(C)c(C)sc2n1. The molecule has 1 unspecified atom stereocenters. The van der Waals surface area contributed by atoms with E-state index in [1.165, 1.54) is 11.3 Å². The molecule has 2 aromatic rings. The van der Waals surface area contributed by atoms with Gasteiger partial charge < -0.3 is 9.90 Å². The molecule has 18 heavy (non-hydrogen) atoms. The minimum atomic E-state index is -1.17. The highest BCUT2D eigenvalue weighted by molar-refractivity contribution is 7.18. The van der Waals surface area contributed by atoms with E-state index in [2.05, 4.69) is 9.97 Å². The van der Waals surface area contributed by atoms with E-state index in [-0.39, 0.29) is 5.82 Å². The number of halogens is 1. The molecule has 0 aliphatic carbocycles. The molecular formula is C12H12ClN2O2S-. The molecule has 2 heterocycles. The number of aryl methyl sites for hydroxylation is 2. The monoisotopic (exact) mass is 283 g/mol. The van der Waals surface area contributed by atoms with Crippen LogP contribution in [0.5, 0.6) is 0 Å². The van der Waals surface area contributed by atoms with Crippen LogP contribution in [-0.2, 0) is 4.79 Å². The molecule has 0 aromatic carbocycles.